The molecule has 0 aliphatic carbocycles. The van der Waals surface area contributed by atoms with E-state index in [1.807, 2.05) is 11.7 Å². The number of likely N-dealkylation sites (tertiary alicyclic amines) is 1. The highest BCUT2D eigenvalue weighted by atomic mass is 16.5. The van der Waals surface area contributed by atoms with Gasteiger partial charge in [-0.1, -0.05) is 57.2 Å². The van der Waals surface area contributed by atoms with Crippen LogP contribution in [0.5, 0.6) is 0 Å². The first-order valence-corrected chi connectivity index (χ1v) is 15.7. The Labute approximate surface area is 260 Å². The van der Waals surface area contributed by atoms with Crippen molar-refractivity contribution in [2.24, 2.45) is 0 Å². The van der Waals surface area contributed by atoms with E-state index in [0.29, 0.717) is 33.0 Å². The number of hydrogen-bond donors (Lipinski definition) is 3. The second-order valence-corrected chi connectivity index (χ2v) is 12.6. The van der Waals surface area contributed by atoms with Crippen LogP contribution in [0.2, 0.25) is 0 Å². The average Bonchev–Trinajstić information content (AvgIpc) is 3.79. The first-order valence-electron chi connectivity index (χ1n) is 15.7. The van der Waals surface area contributed by atoms with Gasteiger partial charge in [0.05, 0.1) is 56.9 Å². The number of anilines is 1. The molecule has 2 fully saturated rings. The van der Waals surface area contributed by atoms with E-state index < -0.39 is 0 Å². The lowest BCUT2D eigenvalue weighted by Crippen LogP contribution is -2.37. The van der Waals surface area contributed by atoms with Gasteiger partial charge < -0.3 is 34.2 Å². The zero-order chi connectivity index (χ0) is 31.1. The molecule has 3 aromatic rings. The van der Waals surface area contributed by atoms with Crippen molar-refractivity contribution < 1.29 is 24.2 Å². The van der Waals surface area contributed by atoms with Crippen molar-refractivity contribution in [3.8, 4) is 11.3 Å². The van der Waals surface area contributed by atoms with Crippen molar-refractivity contribution in [3.05, 3.63) is 71.7 Å². The fraction of sp³-hybridized carbons (Fsp3) is 0.529. The largest absolute Gasteiger partial charge is 0.382 e. The molecule has 0 bridgehead atoms. The topological polar surface area (TPSA) is 112 Å². The van der Waals surface area contributed by atoms with Gasteiger partial charge in [0, 0.05) is 37.6 Å². The van der Waals surface area contributed by atoms with E-state index in [0.717, 1.165) is 42.9 Å². The first kappa shape index (κ1) is 32.1. The zero-order valence-corrected chi connectivity index (χ0v) is 26.4. The summed E-state index contributed by atoms with van der Waals surface area (Å²) < 4.78 is 17.2. The van der Waals surface area contributed by atoms with Crippen LogP contribution >= 0.6 is 0 Å². The third kappa shape index (κ3) is 7.50. The molecular weight excluding hydrogens is 558 g/mol. The number of rotatable bonds is 13. The van der Waals surface area contributed by atoms with Crippen LogP contribution in [0.4, 0.5) is 5.69 Å². The Hall–Kier alpha value is -3.28. The number of ether oxygens (including phenoxy) is 3. The van der Waals surface area contributed by atoms with E-state index in [9.17, 15) is 4.79 Å². The molecule has 0 radical (unpaired) electrons. The van der Waals surface area contributed by atoms with E-state index in [-0.39, 0.29) is 36.1 Å². The van der Waals surface area contributed by atoms with Crippen molar-refractivity contribution in [2.75, 3.05) is 58.1 Å². The molecule has 2 aromatic carbocycles. The molecule has 0 spiro atoms. The standard InChI is InChI=1S/C34H47N5O5/c1-34(2,3)26-11-13-27(14-12-26)38-17-15-30(44-21-20-43-19-18-42-4)32(38)25-9-7-24(8-10-25)28-22-35-33(37-28)29-6-5-16-39(29)31(40)23-36-41/h7-14,22,29-30,32,36,41H,5-6,15-21,23H2,1-4H3,(H,35,37)/t29-,30+,32+/m0/s1. The molecule has 2 aliphatic heterocycles. The molecule has 3 heterocycles. The van der Waals surface area contributed by atoms with Gasteiger partial charge in [0.15, 0.2) is 0 Å². The summed E-state index contributed by atoms with van der Waals surface area (Å²) in [5.41, 5.74) is 7.62. The molecule has 3 atom stereocenters. The van der Waals surface area contributed by atoms with Gasteiger partial charge in [-0.05, 0) is 47.9 Å². The van der Waals surface area contributed by atoms with Crippen molar-refractivity contribution in [2.45, 2.75) is 63.6 Å². The molecule has 44 heavy (non-hydrogen) atoms. The van der Waals surface area contributed by atoms with Gasteiger partial charge in [-0.15, -0.1) is 0 Å². The Morgan fingerprint density at radius 3 is 2.48 bits per heavy atom. The highest BCUT2D eigenvalue weighted by molar-refractivity contribution is 5.78. The van der Waals surface area contributed by atoms with Gasteiger partial charge in [0.2, 0.25) is 5.91 Å². The van der Waals surface area contributed by atoms with Crippen molar-refractivity contribution in [3.63, 3.8) is 0 Å². The number of nitrogens with one attached hydrogen (secondary N) is 2. The summed E-state index contributed by atoms with van der Waals surface area (Å²) in [6, 6.07) is 17.5. The van der Waals surface area contributed by atoms with Gasteiger partial charge in [-0.25, -0.2) is 4.98 Å². The SMILES string of the molecule is COCCOCCO[C@@H]1CCN(c2ccc(C(C)(C)C)cc2)[C@@H]1c1ccc(-c2c[nH]c([C@@H]3CCCN3C(=O)CNO)n2)cc1. The number of aromatic nitrogens is 2. The van der Waals surface area contributed by atoms with Crippen LogP contribution in [0, 0.1) is 0 Å². The molecule has 1 aromatic heterocycles. The minimum Gasteiger partial charge on any atom is -0.382 e. The lowest BCUT2D eigenvalue weighted by Gasteiger charge is -2.31. The van der Waals surface area contributed by atoms with E-state index in [4.69, 9.17) is 24.4 Å². The fourth-order valence-corrected chi connectivity index (χ4v) is 6.30. The number of hydroxylamine groups is 1. The van der Waals surface area contributed by atoms with Gasteiger partial charge in [-0.3, -0.25) is 4.79 Å². The molecular formula is C34H47N5O5. The van der Waals surface area contributed by atoms with Gasteiger partial charge in [0.25, 0.3) is 0 Å². The van der Waals surface area contributed by atoms with E-state index in [1.54, 1.807) is 12.0 Å². The van der Waals surface area contributed by atoms with Crippen LogP contribution < -0.4 is 10.4 Å². The lowest BCUT2D eigenvalue weighted by molar-refractivity contribution is -0.132. The summed E-state index contributed by atoms with van der Waals surface area (Å²) in [7, 11) is 1.67. The van der Waals surface area contributed by atoms with E-state index in [2.05, 4.69) is 79.2 Å². The Morgan fingerprint density at radius 1 is 1.02 bits per heavy atom. The second-order valence-electron chi connectivity index (χ2n) is 12.6. The maximum Gasteiger partial charge on any atom is 0.239 e. The number of benzene rings is 2. The average molecular weight is 606 g/mol. The Balaban J connectivity index is 1.33. The number of imidazole rings is 1. The molecule has 3 N–H and O–H groups in total. The smallest absolute Gasteiger partial charge is 0.239 e. The van der Waals surface area contributed by atoms with Crippen LogP contribution in [0.25, 0.3) is 11.3 Å². The number of H-pyrrole nitrogens is 1. The highest BCUT2D eigenvalue weighted by Crippen LogP contribution is 2.39. The van der Waals surface area contributed by atoms with Crippen LogP contribution in [-0.2, 0) is 24.4 Å². The normalized spacial score (nSPS) is 20.5. The van der Waals surface area contributed by atoms with Crippen LogP contribution in [0.15, 0.2) is 54.7 Å². The summed E-state index contributed by atoms with van der Waals surface area (Å²) in [6.07, 6.45) is 4.62. The summed E-state index contributed by atoms with van der Waals surface area (Å²) in [6.45, 7) is 10.4. The number of amides is 1. The summed E-state index contributed by atoms with van der Waals surface area (Å²) in [5.74, 6) is 0.638. The molecule has 10 heteroatoms. The maximum atomic E-state index is 12.4. The predicted molar refractivity (Wildman–Crippen MR) is 170 cm³/mol. The molecule has 2 aliphatic rings. The number of hydrogen-bond acceptors (Lipinski definition) is 8. The molecule has 238 valence electrons. The Kier molecular flexibility index (Phi) is 10.7. The summed E-state index contributed by atoms with van der Waals surface area (Å²) in [5, 5.41) is 8.99. The van der Waals surface area contributed by atoms with Crippen LogP contribution in [0.1, 0.15) is 69.1 Å². The zero-order valence-electron chi connectivity index (χ0n) is 26.4. The third-order valence-electron chi connectivity index (χ3n) is 8.66. The predicted octanol–water partition coefficient (Wildman–Crippen LogP) is 5.02. The van der Waals surface area contributed by atoms with Crippen molar-refractivity contribution >= 4 is 11.6 Å². The minimum absolute atomic E-state index is 0.0328. The van der Waals surface area contributed by atoms with E-state index in [1.165, 1.54) is 16.8 Å². The number of aromatic amines is 1. The molecule has 1 amide bonds. The van der Waals surface area contributed by atoms with Gasteiger partial charge >= 0.3 is 0 Å². The number of carbonyl (C=O) groups is 1. The molecule has 10 nitrogen and oxygen atoms in total. The second kappa shape index (κ2) is 14.7. The first-order chi connectivity index (χ1) is 21.3. The summed E-state index contributed by atoms with van der Waals surface area (Å²) in [4.78, 5) is 24.8. The monoisotopic (exact) mass is 605 g/mol. The quantitative estimate of drug-likeness (QED) is 0.184. The molecule has 2 saturated heterocycles. The Morgan fingerprint density at radius 2 is 1.77 bits per heavy atom. The van der Waals surface area contributed by atoms with Crippen LogP contribution in [-0.4, -0.2) is 85.3 Å². The summed E-state index contributed by atoms with van der Waals surface area (Å²) >= 11 is 0. The minimum atomic E-state index is -0.134. The Bertz CT molecular complexity index is 1340. The third-order valence-corrected chi connectivity index (χ3v) is 8.66. The van der Waals surface area contributed by atoms with Gasteiger partial charge in [-0.2, -0.15) is 5.48 Å². The van der Waals surface area contributed by atoms with Crippen LogP contribution in [0.3, 0.4) is 0 Å². The molecule has 5 rings (SSSR count). The van der Waals surface area contributed by atoms with Crippen molar-refractivity contribution in [1.29, 1.82) is 0 Å². The van der Waals surface area contributed by atoms with Crippen molar-refractivity contribution in [1.82, 2.24) is 20.3 Å². The number of methoxy groups -OCH3 is 1. The van der Waals surface area contributed by atoms with E-state index >= 15 is 0 Å². The van der Waals surface area contributed by atoms with Gasteiger partial charge in [0.1, 0.15) is 5.82 Å². The number of carbonyl (C=O) groups excluding carboxylic acids is 1. The molecule has 0 saturated carbocycles. The fourth-order valence-electron chi connectivity index (χ4n) is 6.30. The lowest BCUT2D eigenvalue weighted by atomic mass is 9.87. The highest BCUT2D eigenvalue weighted by Gasteiger charge is 2.37. The maximum absolute atomic E-state index is 12.4. The molecule has 0 unspecified atom stereocenters. The number of nitrogens with zero attached hydrogens (tertiary/aromatic N) is 3.